The van der Waals surface area contributed by atoms with Gasteiger partial charge in [-0.25, -0.2) is 8.78 Å². The lowest BCUT2D eigenvalue weighted by Crippen LogP contribution is -2.35. The molecule has 0 aromatic heterocycles. The smallest absolute Gasteiger partial charge is 0.126 e. The molecule has 1 aliphatic rings. The number of halogens is 2. The maximum Gasteiger partial charge on any atom is 0.126 e. The van der Waals surface area contributed by atoms with Crippen molar-refractivity contribution in [3.8, 4) is 0 Å². The van der Waals surface area contributed by atoms with Crippen molar-refractivity contribution in [2.24, 2.45) is 17.3 Å². The van der Waals surface area contributed by atoms with E-state index >= 15 is 0 Å². The van der Waals surface area contributed by atoms with Gasteiger partial charge in [-0.1, -0.05) is 20.8 Å². The molecule has 3 unspecified atom stereocenters. The van der Waals surface area contributed by atoms with Crippen LogP contribution in [0.25, 0.3) is 0 Å². The summed E-state index contributed by atoms with van der Waals surface area (Å²) in [5, 5.41) is 10.2. The van der Waals surface area contributed by atoms with Gasteiger partial charge in [0.1, 0.15) is 11.6 Å². The fraction of sp³-hybridized carbons (Fsp3) is 0.647. The van der Waals surface area contributed by atoms with Gasteiger partial charge in [0.15, 0.2) is 0 Å². The molecule has 3 atom stereocenters. The minimum atomic E-state index is -0.544. The molecule has 0 amide bonds. The number of aliphatic hydroxyl groups excluding tert-OH is 1. The van der Waals surface area contributed by atoms with Crippen LogP contribution in [0.15, 0.2) is 18.2 Å². The van der Waals surface area contributed by atoms with E-state index in [4.69, 9.17) is 0 Å². The van der Waals surface area contributed by atoms with E-state index < -0.39 is 11.6 Å². The van der Waals surface area contributed by atoms with Crippen LogP contribution in [-0.2, 0) is 6.42 Å². The highest BCUT2D eigenvalue weighted by atomic mass is 19.1. The topological polar surface area (TPSA) is 20.2 Å². The molecule has 3 heteroatoms. The van der Waals surface area contributed by atoms with E-state index in [1.54, 1.807) is 0 Å². The number of hydrogen-bond acceptors (Lipinski definition) is 1. The van der Waals surface area contributed by atoms with Gasteiger partial charge < -0.3 is 5.11 Å². The average Bonchev–Trinajstić information content (AvgIpc) is 2.29. The lowest BCUT2D eigenvalue weighted by molar-refractivity contribution is 0.0196. The van der Waals surface area contributed by atoms with Gasteiger partial charge in [-0.2, -0.15) is 0 Å². The Kier molecular flexibility index (Phi) is 4.48. The standard InChI is InChI=1S/C17H24F2O/c1-17(2,3)13-4-5-16(20)12(9-13)6-11-7-14(18)10-15(19)8-11/h7-8,10,12-13,16,20H,4-6,9H2,1-3H3. The second kappa shape index (κ2) is 5.80. The molecule has 0 spiro atoms. The van der Waals surface area contributed by atoms with Crippen LogP contribution < -0.4 is 0 Å². The molecular formula is C17H24F2O. The van der Waals surface area contributed by atoms with E-state index in [1.807, 2.05) is 0 Å². The Balaban J connectivity index is 2.10. The zero-order chi connectivity index (χ0) is 14.9. The fourth-order valence-electron chi connectivity index (χ4n) is 3.29. The first-order valence-electron chi connectivity index (χ1n) is 7.39. The van der Waals surface area contributed by atoms with Crippen molar-refractivity contribution in [1.29, 1.82) is 0 Å². The molecule has 0 radical (unpaired) electrons. The Morgan fingerprint density at radius 1 is 1.10 bits per heavy atom. The molecule has 1 saturated carbocycles. The van der Waals surface area contributed by atoms with E-state index in [0.29, 0.717) is 17.9 Å². The monoisotopic (exact) mass is 282 g/mol. The largest absolute Gasteiger partial charge is 0.393 e. The molecule has 1 fully saturated rings. The van der Waals surface area contributed by atoms with Gasteiger partial charge in [-0.3, -0.25) is 0 Å². The van der Waals surface area contributed by atoms with Gasteiger partial charge in [-0.05, 0) is 60.6 Å². The van der Waals surface area contributed by atoms with Crippen molar-refractivity contribution < 1.29 is 13.9 Å². The maximum atomic E-state index is 13.2. The van der Waals surface area contributed by atoms with Gasteiger partial charge in [0.2, 0.25) is 0 Å². The van der Waals surface area contributed by atoms with Crippen molar-refractivity contribution in [2.75, 3.05) is 0 Å². The second-order valence-electron chi connectivity index (χ2n) is 7.19. The summed E-state index contributed by atoms with van der Waals surface area (Å²) in [5.41, 5.74) is 0.854. The van der Waals surface area contributed by atoms with E-state index in [9.17, 15) is 13.9 Å². The number of benzene rings is 1. The molecule has 0 heterocycles. The molecule has 20 heavy (non-hydrogen) atoms. The highest BCUT2D eigenvalue weighted by Crippen LogP contribution is 2.41. The summed E-state index contributed by atoms with van der Waals surface area (Å²) in [4.78, 5) is 0. The van der Waals surface area contributed by atoms with Crippen molar-refractivity contribution in [2.45, 2.75) is 52.6 Å². The first-order valence-corrected chi connectivity index (χ1v) is 7.39. The van der Waals surface area contributed by atoms with E-state index in [-0.39, 0.29) is 17.4 Å². The van der Waals surface area contributed by atoms with Gasteiger partial charge in [0.25, 0.3) is 0 Å². The van der Waals surface area contributed by atoms with Gasteiger partial charge >= 0.3 is 0 Å². The normalized spacial score (nSPS) is 27.6. The Bertz CT molecular complexity index is 444. The molecule has 1 aromatic rings. The molecule has 112 valence electrons. The minimum Gasteiger partial charge on any atom is -0.393 e. The van der Waals surface area contributed by atoms with E-state index in [2.05, 4.69) is 20.8 Å². The SMILES string of the molecule is CC(C)(C)C1CCC(O)C(Cc2cc(F)cc(F)c2)C1. The Labute approximate surface area is 120 Å². The highest BCUT2D eigenvalue weighted by Gasteiger charge is 2.35. The summed E-state index contributed by atoms with van der Waals surface area (Å²) >= 11 is 0. The predicted octanol–water partition coefficient (Wildman–Crippen LogP) is 4.33. The van der Waals surface area contributed by atoms with Gasteiger partial charge in [0.05, 0.1) is 6.10 Å². The van der Waals surface area contributed by atoms with Gasteiger partial charge in [0, 0.05) is 6.07 Å². The molecule has 0 aliphatic heterocycles. The zero-order valence-electron chi connectivity index (χ0n) is 12.5. The Morgan fingerprint density at radius 3 is 2.25 bits per heavy atom. The first-order chi connectivity index (χ1) is 9.25. The molecule has 1 N–H and O–H groups in total. The molecule has 1 aliphatic carbocycles. The van der Waals surface area contributed by atoms with E-state index in [1.165, 1.54) is 12.1 Å². The summed E-state index contributed by atoms with van der Waals surface area (Å²) in [5.74, 6) is -0.446. The van der Waals surface area contributed by atoms with Crippen LogP contribution in [0.3, 0.4) is 0 Å². The summed E-state index contributed by atoms with van der Waals surface area (Å²) in [6, 6.07) is 3.63. The van der Waals surface area contributed by atoms with Crippen molar-refractivity contribution >= 4 is 0 Å². The summed E-state index contributed by atoms with van der Waals surface area (Å²) in [6.07, 6.45) is 2.91. The Hall–Kier alpha value is -0.960. The summed E-state index contributed by atoms with van der Waals surface area (Å²) < 4.78 is 26.5. The Morgan fingerprint density at radius 2 is 1.70 bits per heavy atom. The van der Waals surface area contributed by atoms with Crippen LogP contribution in [0.5, 0.6) is 0 Å². The van der Waals surface area contributed by atoms with Crippen LogP contribution in [-0.4, -0.2) is 11.2 Å². The minimum absolute atomic E-state index is 0.0918. The zero-order valence-corrected chi connectivity index (χ0v) is 12.5. The average molecular weight is 282 g/mol. The molecule has 1 nitrogen and oxygen atoms in total. The maximum absolute atomic E-state index is 13.2. The molecule has 0 bridgehead atoms. The third-order valence-corrected chi connectivity index (χ3v) is 4.59. The van der Waals surface area contributed by atoms with Crippen molar-refractivity contribution in [1.82, 2.24) is 0 Å². The van der Waals surface area contributed by atoms with Gasteiger partial charge in [-0.15, -0.1) is 0 Å². The van der Waals surface area contributed by atoms with Crippen LogP contribution in [0.4, 0.5) is 8.78 Å². The van der Waals surface area contributed by atoms with Crippen LogP contribution >= 0.6 is 0 Å². The molecule has 0 saturated heterocycles. The third kappa shape index (κ3) is 3.78. The third-order valence-electron chi connectivity index (χ3n) is 4.59. The fourth-order valence-corrected chi connectivity index (χ4v) is 3.29. The lowest BCUT2D eigenvalue weighted by Gasteiger charge is -2.40. The molecular weight excluding hydrogens is 258 g/mol. The molecule has 2 rings (SSSR count). The van der Waals surface area contributed by atoms with Crippen LogP contribution in [0.2, 0.25) is 0 Å². The number of rotatable bonds is 2. The lowest BCUT2D eigenvalue weighted by atomic mass is 9.67. The van der Waals surface area contributed by atoms with Crippen molar-refractivity contribution in [3.63, 3.8) is 0 Å². The second-order valence-corrected chi connectivity index (χ2v) is 7.19. The summed E-state index contributed by atoms with van der Waals surface area (Å²) in [7, 11) is 0. The molecule has 1 aromatic carbocycles. The highest BCUT2D eigenvalue weighted by molar-refractivity contribution is 5.18. The summed E-state index contributed by atoms with van der Waals surface area (Å²) in [6.45, 7) is 6.65. The quantitative estimate of drug-likeness (QED) is 0.856. The first kappa shape index (κ1) is 15.4. The predicted molar refractivity (Wildman–Crippen MR) is 76.4 cm³/mol. The number of hydrogen-bond donors (Lipinski definition) is 1. The van der Waals surface area contributed by atoms with E-state index in [0.717, 1.165) is 25.3 Å². The van der Waals surface area contributed by atoms with Crippen molar-refractivity contribution in [3.05, 3.63) is 35.4 Å². The van der Waals surface area contributed by atoms with Crippen LogP contribution in [0, 0.1) is 28.9 Å². The van der Waals surface area contributed by atoms with Crippen LogP contribution in [0.1, 0.15) is 45.6 Å². The number of aliphatic hydroxyl groups is 1.